The molecule has 0 radical (unpaired) electrons. The van der Waals surface area contributed by atoms with Crippen molar-refractivity contribution in [3.8, 4) is 0 Å². The van der Waals surface area contributed by atoms with Crippen molar-refractivity contribution < 1.29 is 8.42 Å². The van der Waals surface area contributed by atoms with Crippen molar-refractivity contribution in [1.82, 2.24) is 9.88 Å². The number of aromatic amines is 1. The first kappa shape index (κ1) is 19.6. The van der Waals surface area contributed by atoms with Crippen LogP contribution in [0.1, 0.15) is 6.42 Å². The Morgan fingerprint density at radius 3 is 2.50 bits per heavy atom. The molecule has 6 nitrogen and oxygen atoms in total. The number of aromatic nitrogens is 1. The van der Waals surface area contributed by atoms with Crippen LogP contribution in [-0.4, -0.2) is 57.6 Å². The van der Waals surface area contributed by atoms with E-state index in [4.69, 9.17) is 0 Å². The van der Waals surface area contributed by atoms with E-state index in [0.29, 0.717) is 11.4 Å². The van der Waals surface area contributed by atoms with E-state index in [1.54, 1.807) is 10.4 Å². The normalized spacial score (nSPS) is 18.1. The highest BCUT2D eigenvalue weighted by Crippen LogP contribution is 2.41. The van der Waals surface area contributed by atoms with Crippen molar-refractivity contribution in [3.05, 3.63) is 66.9 Å². The smallest absolute Gasteiger partial charge is 0.265 e. The van der Waals surface area contributed by atoms with E-state index in [2.05, 4.69) is 39.0 Å². The van der Waals surface area contributed by atoms with Gasteiger partial charge < -0.3 is 9.88 Å². The molecule has 0 atom stereocenters. The third-order valence-corrected chi connectivity index (χ3v) is 8.65. The van der Waals surface area contributed by atoms with Gasteiger partial charge in [-0.2, -0.15) is 0 Å². The van der Waals surface area contributed by atoms with Gasteiger partial charge in [0.15, 0.2) is 0 Å². The summed E-state index contributed by atoms with van der Waals surface area (Å²) in [5, 5.41) is 3.09. The molecule has 1 N–H and O–H groups in total. The minimum absolute atomic E-state index is 0.443. The van der Waals surface area contributed by atoms with E-state index in [9.17, 15) is 8.42 Å². The molecule has 1 saturated heterocycles. The molecule has 2 aliphatic heterocycles. The average Bonchev–Trinajstić information content (AvgIpc) is 3.37. The van der Waals surface area contributed by atoms with Crippen molar-refractivity contribution in [2.24, 2.45) is 0 Å². The summed E-state index contributed by atoms with van der Waals surface area (Å²) in [7, 11) is -3.46. The first-order valence-electron chi connectivity index (χ1n) is 11.2. The first-order chi connectivity index (χ1) is 15.6. The Balaban J connectivity index is 1.08. The largest absolute Gasteiger partial charge is 0.369 e. The van der Waals surface area contributed by atoms with Crippen molar-refractivity contribution in [1.29, 1.82) is 0 Å². The zero-order chi connectivity index (χ0) is 21.7. The third kappa shape index (κ3) is 3.15. The van der Waals surface area contributed by atoms with Gasteiger partial charge in [0.25, 0.3) is 10.0 Å². The molecule has 2 aliphatic rings. The van der Waals surface area contributed by atoms with Crippen LogP contribution in [0.5, 0.6) is 0 Å². The van der Waals surface area contributed by atoms with Crippen LogP contribution < -0.4 is 9.21 Å². The topological polar surface area (TPSA) is 59.7 Å². The SMILES string of the molecule is O=S1(=O)c2cccc3cccc(c23)N1CCCN1CCN(c2ccc3[nH]ccc3c2)CC1. The fraction of sp³-hybridized carbons (Fsp3) is 0.280. The second-order valence-corrected chi connectivity index (χ2v) is 10.5. The van der Waals surface area contributed by atoms with Gasteiger partial charge in [0.1, 0.15) is 0 Å². The number of nitrogens with one attached hydrogen (secondary N) is 1. The Bertz CT molecular complexity index is 1400. The molecule has 0 spiro atoms. The molecule has 1 aromatic heterocycles. The summed E-state index contributed by atoms with van der Waals surface area (Å²) < 4.78 is 27.9. The van der Waals surface area contributed by atoms with E-state index in [-0.39, 0.29) is 0 Å². The van der Waals surface area contributed by atoms with Crippen LogP contribution in [0.15, 0.2) is 71.8 Å². The lowest BCUT2D eigenvalue weighted by Gasteiger charge is -2.36. The number of rotatable bonds is 5. The van der Waals surface area contributed by atoms with Crippen LogP contribution in [0.4, 0.5) is 11.4 Å². The molecule has 3 heterocycles. The number of fused-ring (bicyclic) bond motifs is 1. The molecule has 0 saturated carbocycles. The molecule has 7 heteroatoms. The quantitative estimate of drug-likeness (QED) is 0.503. The predicted octanol–water partition coefficient (Wildman–Crippen LogP) is 4.04. The fourth-order valence-electron chi connectivity index (χ4n) is 5.10. The van der Waals surface area contributed by atoms with E-state index in [1.807, 2.05) is 36.5 Å². The second-order valence-electron chi connectivity index (χ2n) is 8.64. The van der Waals surface area contributed by atoms with Gasteiger partial charge in [-0.25, -0.2) is 8.42 Å². The third-order valence-electron chi connectivity index (χ3n) is 6.79. The zero-order valence-electron chi connectivity index (χ0n) is 17.9. The van der Waals surface area contributed by atoms with Crippen LogP contribution in [0.3, 0.4) is 0 Å². The minimum atomic E-state index is -3.46. The molecule has 1 fully saturated rings. The molecule has 0 aliphatic carbocycles. The van der Waals surface area contributed by atoms with Gasteiger partial charge >= 0.3 is 0 Å². The highest BCUT2D eigenvalue weighted by molar-refractivity contribution is 7.93. The molecule has 0 amide bonds. The summed E-state index contributed by atoms with van der Waals surface area (Å²) >= 11 is 0. The number of H-pyrrole nitrogens is 1. The Morgan fingerprint density at radius 1 is 0.844 bits per heavy atom. The number of anilines is 2. The summed E-state index contributed by atoms with van der Waals surface area (Å²) in [6.45, 7) is 5.39. The summed E-state index contributed by atoms with van der Waals surface area (Å²) in [6, 6.07) is 20.1. The van der Waals surface area contributed by atoms with E-state index < -0.39 is 10.0 Å². The summed E-state index contributed by atoms with van der Waals surface area (Å²) in [6.07, 6.45) is 2.80. The van der Waals surface area contributed by atoms with Crippen LogP contribution in [0.2, 0.25) is 0 Å². The lowest BCUT2D eigenvalue weighted by molar-refractivity contribution is 0.256. The van der Waals surface area contributed by atoms with E-state index >= 15 is 0 Å². The maximum Gasteiger partial charge on any atom is 0.265 e. The van der Waals surface area contributed by atoms with Crippen molar-refractivity contribution >= 4 is 43.1 Å². The lowest BCUT2D eigenvalue weighted by atomic mass is 10.1. The Kier molecular flexibility index (Phi) is 4.62. The average molecular weight is 447 g/mol. The number of benzene rings is 3. The fourth-order valence-corrected chi connectivity index (χ4v) is 6.85. The van der Waals surface area contributed by atoms with Crippen molar-refractivity contribution in [3.63, 3.8) is 0 Å². The zero-order valence-corrected chi connectivity index (χ0v) is 18.7. The van der Waals surface area contributed by atoms with E-state index in [0.717, 1.165) is 55.6 Å². The summed E-state index contributed by atoms with van der Waals surface area (Å²) in [4.78, 5) is 8.57. The number of hydrogen-bond donors (Lipinski definition) is 1. The van der Waals surface area contributed by atoms with Crippen LogP contribution in [0.25, 0.3) is 21.7 Å². The molecule has 4 aromatic rings. The molecule has 6 rings (SSSR count). The number of sulfonamides is 1. The first-order valence-corrected chi connectivity index (χ1v) is 12.6. The van der Waals surface area contributed by atoms with E-state index in [1.165, 1.54) is 16.6 Å². The molecular weight excluding hydrogens is 420 g/mol. The van der Waals surface area contributed by atoms with Gasteiger partial charge in [-0.05, 0) is 48.2 Å². The maximum absolute atomic E-state index is 13.1. The Labute approximate surface area is 188 Å². The molecule has 164 valence electrons. The van der Waals surface area contributed by atoms with Crippen LogP contribution >= 0.6 is 0 Å². The summed E-state index contributed by atoms with van der Waals surface area (Å²) in [5.41, 5.74) is 3.26. The van der Waals surface area contributed by atoms with Gasteiger partial charge in [0.2, 0.25) is 0 Å². The standard InChI is InChI=1S/C25H26N4O2S/c30-32(31)24-7-2-5-19-4-1-6-23(25(19)24)29(32)13-3-12-27-14-16-28(17-15-27)21-8-9-22-20(18-21)10-11-26-22/h1-2,4-11,18,26H,3,12-17H2. The minimum Gasteiger partial charge on any atom is -0.369 e. The predicted molar refractivity (Wildman–Crippen MR) is 130 cm³/mol. The molecule has 32 heavy (non-hydrogen) atoms. The number of hydrogen-bond acceptors (Lipinski definition) is 4. The van der Waals surface area contributed by atoms with Crippen LogP contribution in [-0.2, 0) is 10.0 Å². The monoisotopic (exact) mass is 446 g/mol. The number of piperazine rings is 1. The summed E-state index contributed by atoms with van der Waals surface area (Å²) in [5.74, 6) is 0. The molecule has 3 aromatic carbocycles. The van der Waals surface area contributed by atoms with Gasteiger partial charge in [0, 0.05) is 67.4 Å². The highest BCUT2D eigenvalue weighted by Gasteiger charge is 2.35. The van der Waals surface area contributed by atoms with Gasteiger partial charge in [0.05, 0.1) is 10.6 Å². The van der Waals surface area contributed by atoms with Crippen molar-refractivity contribution in [2.75, 3.05) is 48.5 Å². The Morgan fingerprint density at radius 2 is 1.66 bits per heavy atom. The maximum atomic E-state index is 13.1. The number of nitrogens with zero attached hydrogens (tertiary/aromatic N) is 3. The van der Waals surface area contributed by atoms with Gasteiger partial charge in [-0.15, -0.1) is 0 Å². The molecular formula is C25H26N4O2S. The second kappa shape index (κ2) is 7.53. The van der Waals surface area contributed by atoms with Crippen molar-refractivity contribution in [2.45, 2.75) is 11.3 Å². The molecule has 0 bridgehead atoms. The highest BCUT2D eigenvalue weighted by atomic mass is 32.2. The van der Waals surface area contributed by atoms with Gasteiger partial charge in [-0.3, -0.25) is 9.21 Å². The Hall–Kier alpha value is -3.03. The van der Waals surface area contributed by atoms with Gasteiger partial charge in [-0.1, -0.05) is 24.3 Å². The lowest BCUT2D eigenvalue weighted by Crippen LogP contribution is -2.47. The van der Waals surface area contributed by atoms with Crippen LogP contribution in [0, 0.1) is 0 Å². The molecule has 0 unspecified atom stereocenters.